The molecule has 1 aliphatic heterocycles. The number of aromatic carboxylic acids is 2. The first-order valence-electron chi connectivity index (χ1n) is 12.3. The van der Waals surface area contributed by atoms with Crippen LogP contribution < -0.4 is 0 Å². The number of unbranched alkanes of at least 4 members (excludes halogenated alkanes) is 3. The van der Waals surface area contributed by atoms with E-state index in [1.807, 2.05) is 0 Å². The lowest BCUT2D eigenvalue weighted by atomic mass is 10.0. The molecule has 1 saturated heterocycles. The van der Waals surface area contributed by atoms with Crippen molar-refractivity contribution in [1.82, 2.24) is 4.90 Å². The van der Waals surface area contributed by atoms with Crippen LogP contribution in [0.1, 0.15) is 76.9 Å². The summed E-state index contributed by atoms with van der Waals surface area (Å²) < 4.78 is 5.43. The first-order valence-corrected chi connectivity index (χ1v) is 12.3. The number of nitrogens with zero attached hydrogens (tertiary/aromatic N) is 1. The maximum absolute atomic E-state index is 10.6. The van der Waals surface area contributed by atoms with Gasteiger partial charge in [-0.2, -0.15) is 0 Å². The van der Waals surface area contributed by atoms with Crippen molar-refractivity contribution in [3.8, 4) is 0 Å². The molecule has 2 aromatic rings. The molecule has 1 fully saturated rings. The second-order valence-electron chi connectivity index (χ2n) is 8.92. The van der Waals surface area contributed by atoms with Gasteiger partial charge in [-0.25, -0.2) is 9.59 Å². The third kappa shape index (κ3) is 8.92. The normalized spacial score (nSPS) is 14.7. The highest BCUT2D eigenvalue weighted by Gasteiger charge is 2.17. The van der Waals surface area contributed by atoms with E-state index in [1.165, 1.54) is 68.4 Å². The summed E-state index contributed by atoms with van der Waals surface area (Å²) in [5.41, 5.74) is 3.29. The first-order chi connectivity index (χ1) is 16.3. The molecule has 0 aromatic heterocycles. The number of hydrogen-bond donors (Lipinski definition) is 2. The van der Waals surface area contributed by atoms with E-state index >= 15 is 0 Å². The quantitative estimate of drug-likeness (QED) is 0.449. The van der Waals surface area contributed by atoms with Gasteiger partial charge in [0.05, 0.1) is 24.3 Å². The lowest BCUT2D eigenvalue weighted by Gasteiger charge is -2.32. The van der Waals surface area contributed by atoms with Crippen LogP contribution in [0.25, 0.3) is 0 Å². The van der Waals surface area contributed by atoms with E-state index < -0.39 is 11.9 Å². The highest BCUT2D eigenvalue weighted by atomic mass is 16.5. The highest BCUT2D eigenvalue weighted by molar-refractivity contribution is 5.96. The van der Waals surface area contributed by atoms with Crippen molar-refractivity contribution in [2.45, 2.75) is 65.3 Å². The molecule has 6 nitrogen and oxygen atoms in total. The Morgan fingerprint density at radius 1 is 0.912 bits per heavy atom. The van der Waals surface area contributed by atoms with Crippen LogP contribution >= 0.6 is 0 Å². The topological polar surface area (TPSA) is 87.1 Å². The molecule has 1 atom stereocenters. The Balaban J connectivity index is 0.000000270. The number of carboxylic acids is 2. The molecule has 186 valence electrons. The molecule has 6 heteroatoms. The summed E-state index contributed by atoms with van der Waals surface area (Å²) in [7, 11) is 0. The summed E-state index contributed by atoms with van der Waals surface area (Å²) in [5.74, 6) is -2.22. The van der Waals surface area contributed by atoms with Crippen LogP contribution in [0.4, 0.5) is 0 Å². The zero-order valence-corrected chi connectivity index (χ0v) is 20.8. The van der Waals surface area contributed by atoms with Crippen molar-refractivity contribution in [3.05, 3.63) is 70.3 Å². The number of rotatable bonds is 10. The lowest BCUT2D eigenvalue weighted by molar-refractivity contribution is 0.0203. The largest absolute Gasteiger partial charge is 0.478 e. The molecule has 1 unspecified atom stereocenters. The SMILES string of the molecule is CCCCCCc1ccc(CC(C)N2CCOCC2)cc1.Cc1c(C(=O)O)cccc1C(=O)O. The highest BCUT2D eigenvalue weighted by Crippen LogP contribution is 2.15. The minimum atomic E-state index is -1.11. The second kappa shape index (κ2) is 14.5. The molecule has 2 N–H and O–H groups in total. The summed E-state index contributed by atoms with van der Waals surface area (Å²) >= 11 is 0. The molecule has 1 aliphatic rings. The Kier molecular flexibility index (Phi) is 11.8. The average Bonchev–Trinajstić information content (AvgIpc) is 2.83. The number of hydrogen-bond acceptors (Lipinski definition) is 4. The Labute approximate surface area is 203 Å². The third-order valence-corrected chi connectivity index (χ3v) is 6.34. The van der Waals surface area contributed by atoms with Gasteiger partial charge in [-0.1, -0.05) is 56.5 Å². The fourth-order valence-corrected chi connectivity index (χ4v) is 4.19. The van der Waals surface area contributed by atoms with E-state index in [2.05, 4.69) is 43.0 Å². The van der Waals surface area contributed by atoms with Gasteiger partial charge in [0.2, 0.25) is 0 Å². The number of carboxylic acid groups (broad SMARTS) is 2. The number of aryl methyl sites for hydroxylation is 1. The van der Waals surface area contributed by atoms with Crippen molar-refractivity contribution in [3.63, 3.8) is 0 Å². The van der Waals surface area contributed by atoms with Crippen LogP contribution in [-0.2, 0) is 17.6 Å². The molecular formula is C28H39NO5. The number of benzene rings is 2. The van der Waals surface area contributed by atoms with E-state index in [0.717, 1.165) is 32.7 Å². The maximum atomic E-state index is 10.6. The molecule has 3 rings (SSSR count). The van der Waals surface area contributed by atoms with Gasteiger partial charge in [0, 0.05) is 19.1 Å². The van der Waals surface area contributed by atoms with Crippen molar-refractivity contribution in [2.24, 2.45) is 0 Å². The van der Waals surface area contributed by atoms with Crippen molar-refractivity contribution >= 4 is 11.9 Å². The molecule has 0 bridgehead atoms. The van der Waals surface area contributed by atoms with E-state index in [1.54, 1.807) is 0 Å². The van der Waals surface area contributed by atoms with Crippen LogP contribution in [0, 0.1) is 6.92 Å². The third-order valence-electron chi connectivity index (χ3n) is 6.34. The van der Waals surface area contributed by atoms with E-state index in [-0.39, 0.29) is 16.7 Å². The fraction of sp³-hybridized carbons (Fsp3) is 0.500. The Hall–Kier alpha value is -2.70. The monoisotopic (exact) mass is 469 g/mol. The first kappa shape index (κ1) is 27.5. The van der Waals surface area contributed by atoms with Crippen LogP contribution in [0.5, 0.6) is 0 Å². The summed E-state index contributed by atoms with van der Waals surface area (Å²) in [4.78, 5) is 23.8. The van der Waals surface area contributed by atoms with Crippen LogP contribution in [-0.4, -0.2) is 59.4 Å². The molecule has 0 spiro atoms. The van der Waals surface area contributed by atoms with Gasteiger partial charge in [-0.3, -0.25) is 4.90 Å². The van der Waals surface area contributed by atoms with Gasteiger partial charge in [-0.15, -0.1) is 0 Å². The minimum Gasteiger partial charge on any atom is -0.478 e. The number of morpholine rings is 1. The van der Waals surface area contributed by atoms with Gasteiger partial charge >= 0.3 is 11.9 Å². The van der Waals surface area contributed by atoms with Gasteiger partial charge in [-0.05, 0) is 61.9 Å². The van der Waals surface area contributed by atoms with E-state index in [0.29, 0.717) is 6.04 Å². The smallest absolute Gasteiger partial charge is 0.335 e. The second-order valence-corrected chi connectivity index (χ2v) is 8.92. The molecule has 34 heavy (non-hydrogen) atoms. The zero-order chi connectivity index (χ0) is 24.9. The Morgan fingerprint density at radius 2 is 1.47 bits per heavy atom. The van der Waals surface area contributed by atoms with Crippen molar-refractivity contribution < 1.29 is 24.5 Å². The standard InChI is InChI=1S/C19H31NO.C9H8O4/c1-3-4-5-6-7-18-8-10-19(11-9-18)16-17(2)20-12-14-21-15-13-20;1-5-6(8(10)11)3-2-4-7(5)9(12)13/h8-11,17H,3-7,12-16H2,1-2H3;2-4H,1H3,(H,10,11)(H,12,13). The Morgan fingerprint density at radius 3 is 2.00 bits per heavy atom. The van der Waals surface area contributed by atoms with Crippen LogP contribution in [0.3, 0.4) is 0 Å². The van der Waals surface area contributed by atoms with Gasteiger partial charge < -0.3 is 14.9 Å². The van der Waals surface area contributed by atoms with Crippen molar-refractivity contribution in [2.75, 3.05) is 26.3 Å². The Bertz CT molecular complexity index is 871. The summed E-state index contributed by atoms with van der Waals surface area (Å²) in [6, 6.07) is 14.1. The molecule has 2 aromatic carbocycles. The predicted molar refractivity (Wildman–Crippen MR) is 135 cm³/mol. The summed E-state index contributed by atoms with van der Waals surface area (Å²) in [6.45, 7) is 10.0. The van der Waals surface area contributed by atoms with Crippen LogP contribution in [0.15, 0.2) is 42.5 Å². The van der Waals surface area contributed by atoms with Gasteiger partial charge in [0.25, 0.3) is 0 Å². The van der Waals surface area contributed by atoms with E-state index in [4.69, 9.17) is 14.9 Å². The maximum Gasteiger partial charge on any atom is 0.335 e. The molecule has 0 radical (unpaired) electrons. The lowest BCUT2D eigenvalue weighted by Crippen LogP contribution is -2.43. The van der Waals surface area contributed by atoms with Crippen molar-refractivity contribution in [1.29, 1.82) is 0 Å². The molecular weight excluding hydrogens is 430 g/mol. The number of carbonyl (C=O) groups is 2. The summed E-state index contributed by atoms with van der Waals surface area (Å²) in [5, 5.41) is 17.4. The van der Waals surface area contributed by atoms with Gasteiger partial charge in [0.15, 0.2) is 0 Å². The van der Waals surface area contributed by atoms with Gasteiger partial charge in [0.1, 0.15) is 0 Å². The fourth-order valence-electron chi connectivity index (χ4n) is 4.19. The predicted octanol–water partition coefficient (Wildman–Crippen LogP) is 5.46. The number of ether oxygens (including phenoxy) is 1. The minimum absolute atomic E-state index is 0.0277. The van der Waals surface area contributed by atoms with Crippen LogP contribution in [0.2, 0.25) is 0 Å². The zero-order valence-electron chi connectivity index (χ0n) is 20.8. The average molecular weight is 470 g/mol. The summed E-state index contributed by atoms with van der Waals surface area (Å²) in [6.07, 6.45) is 7.77. The van der Waals surface area contributed by atoms with E-state index in [9.17, 15) is 9.59 Å². The molecule has 0 amide bonds. The molecule has 0 saturated carbocycles. The molecule has 1 heterocycles. The molecule has 0 aliphatic carbocycles.